The first kappa shape index (κ1) is 37.3. The minimum absolute atomic E-state index is 0. The van der Waals surface area contributed by atoms with Gasteiger partial charge in [0.25, 0.3) is 0 Å². The molecule has 4 nitrogen and oxygen atoms in total. The zero-order valence-electron chi connectivity index (χ0n) is 22.0. The minimum Gasteiger partial charge on any atom is -0.322 e. The maximum Gasteiger partial charge on any atom is 0.0104 e. The van der Waals surface area contributed by atoms with Crippen LogP contribution in [0.1, 0.15) is 88.0 Å². The van der Waals surface area contributed by atoms with Crippen molar-refractivity contribution < 1.29 is 32.7 Å². The Labute approximate surface area is 211 Å². The van der Waals surface area contributed by atoms with Gasteiger partial charge >= 0.3 is 0 Å². The molecular weight excluding hydrogens is 433 g/mol. The summed E-state index contributed by atoms with van der Waals surface area (Å²) in [4.78, 5) is 2.33. The van der Waals surface area contributed by atoms with Crippen LogP contribution in [0.25, 0.3) is 0 Å². The van der Waals surface area contributed by atoms with Crippen LogP contribution in [0.3, 0.4) is 0 Å². The van der Waals surface area contributed by atoms with E-state index in [1.807, 2.05) is 41.5 Å². The zero-order valence-corrected chi connectivity index (χ0v) is 24.8. The Bertz CT molecular complexity index is 240. The van der Waals surface area contributed by atoms with Crippen molar-refractivity contribution in [3.05, 3.63) is 5.92 Å². The smallest absolute Gasteiger partial charge is 0.0104 e. The monoisotopic (exact) mass is 490 g/mol. The summed E-state index contributed by atoms with van der Waals surface area (Å²) >= 11 is 0. The molecule has 3 aliphatic rings. The van der Waals surface area contributed by atoms with Gasteiger partial charge in [0.05, 0.1) is 0 Å². The first-order valence-electron chi connectivity index (χ1n) is 12.1. The van der Waals surface area contributed by atoms with Crippen molar-refractivity contribution >= 4 is 0 Å². The Morgan fingerprint density at radius 3 is 1.21 bits per heavy atom. The molecule has 29 heavy (non-hydrogen) atoms. The number of hydrogen-bond acceptors (Lipinski definition) is 4. The summed E-state index contributed by atoms with van der Waals surface area (Å²) in [6.45, 7) is 28.5. The van der Waals surface area contributed by atoms with E-state index < -0.39 is 0 Å². The van der Waals surface area contributed by atoms with E-state index in [0.29, 0.717) is 5.41 Å². The van der Waals surface area contributed by atoms with Gasteiger partial charge in [-0.15, -0.1) is 0 Å². The summed E-state index contributed by atoms with van der Waals surface area (Å²) in [5.74, 6) is 1.65. The summed E-state index contributed by atoms with van der Waals surface area (Å²) in [7, 11) is 2.15. The predicted octanol–water partition coefficient (Wildman–Crippen LogP) is 4.96. The standard InChI is InChI=1S/C7H15N.C6H12N.C5H12N2.3C2H6.Y/c1-7(2)3-5-8-6-4-7;1-6-2-4-7-5-3-6;1-7-4-2-6-3-5-7;3*1-2;/h8H,3-6H2,1-2H3;7H,2-5H2,1H3;6H,2-5H2,1H3;3*1-2H3;/q;-1;;;;;. The van der Waals surface area contributed by atoms with E-state index in [4.69, 9.17) is 0 Å². The number of rotatable bonds is 0. The van der Waals surface area contributed by atoms with Gasteiger partial charge in [0.15, 0.2) is 0 Å². The minimum atomic E-state index is 0. The molecule has 0 atom stereocenters. The van der Waals surface area contributed by atoms with Gasteiger partial charge in [-0.2, -0.15) is 19.8 Å². The van der Waals surface area contributed by atoms with Crippen molar-refractivity contribution in [3.8, 4) is 0 Å². The molecular formula is C24H57N4Y-. The molecule has 3 N–H and O–H groups in total. The quantitative estimate of drug-likeness (QED) is 0.420. The van der Waals surface area contributed by atoms with Crippen LogP contribution in [0.5, 0.6) is 0 Å². The van der Waals surface area contributed by atoms with Crippen LogP contribution in [0.2, 0.25) is 0 Å². The Morgan fingerprint density at radius 1 is 0.655 bits per heavy atom. The molecule has 177 valence electrons. The SMILES string of the molecule is CC.CC.CC.CC1(C)CCNCC1.CN1CCNCC1.C[C-]1CCNCC1.[Y]. The fourth-order valence-corrected chi connectivity index (χ4v) is 2.73. The fraction of sp³-hybridized carbons (Fsp3) is 0.958. The Morgan fingerprint density at radius 2 is 1.00 bits per heavy atom. The third-order valence-corrected chi connectivity index (χ3v) is 4.75. The average molecular weight is 491 g/mol. The van der Waals surface area contributed by atoms with E-state index in [1.165, 1.54) is 65.0 Å². The van der Waals surface area contributed by atoms with Crippen molar-refractivity contribution in [2.45, 2.75) is 88.0 Å². The van der Waals surface area contributed by atoms with Crippen molar-refractivity contribution in [3.63, 3.8) is 0 Å². The summed E-state index contributed by atoms with van der Waals surface area (Å²) in [5, 5.41) is 9.91. The molecule has 0 spiro atoms. The van der Waals surface area contributed by atoms with Crippen LogP contribution in [-0.2, 0) is 32.7 Å². The number of piperidine rings is 2. The number of piperazine rings is 1. The van der Waals surface area contributed by atoms with Gasteiger partial charge in [-0.05, 0) is 51.5 Å². The Kier molecular flexibility index (Phi) is 37.2. The van der Waals surface area contributed by atoms with E-state index in [0.717, 1.165) is 13.1 Å². The molecule has 0 aliphatic carbocycles. The normalized spacial score (nSPS) is 20.5. The predicted molar refractivity (Wildman–Crippen MR) is 131 cm³/mol. The largest absolute Gasteiger partial charge is 0.322 e. The molecule has 0 aromatic rings. The second-order valence-electron chi connectivity index (χ2n) is 7.67. The van der Waals surface area contributed by atoms with Crippen molar-refractivity contribution in [1.29, 1.82) is 0 Å². The molecule has 3 aliphatic heterocycles. The van der Waals surface area contributed by atoms with E-state index in [2.05, 4.69) is 48.7 Å². The van der Waals surface area contributed by atoms with Crippen molar-refractivity contribution in [1.82, 2.24) is 20.9 Å². The first-order chi connectivity index (χ1) is 13.5. The number of nitrogens with one attached hydrogen (secondary N) is 3. The molecule has 3 rings (SSSR count). The molecule has 3 heterocycles. The molecule has 1 radical (unpaired) electrons. The summed E-state index contributed by atoms with van der Waals surface area (Å²) in [6, 6.07) is 0. The van der Waals surface area contributed by atoms with Gasteiger partial charge < -0.3 is 26.8 Å². The maximum absolute atomic E-state index is 3.34. The average Bonchev–Trinajstić information content (AvgIpc) is 2.74. The Hall–Kier alpha value is 0.944. The maximum atomic E-state index is 3.34. The van der Waals surface area contributed by atoms with E-state index in [9.17, 15) is 0 Å². The number of nitrogens with zero attached hydrogens (tertiary/aromatic N) is 1. The van der Waals surface area contributed by atoms with Crippen molar-refractivity contribution in [2.24, 2.45) is 5.41 Å². The molecule has 0 unspecified atom stereocenters. The zero-order chi connectivity index (χ0) is 22.3. The van der Waals surface area contributed by atoms with Crippen LogP contribution in [0.4, 0.5) is 0 Å². The second-order valence-corrected chi connectivity index (χ2v) is 7.67. The molecule has 0 aromatic carbocycles. The molecule has 3 fully saturated rings. The van der Waals surface area contributed by atoms with E-state index >= 15 is 0 Å². The molecule has 0 saturated carbocycles. The first-order valence-corrected chi connectivity index (χ1v) is 12.1. The van der Waals surface area contributed by atoms with Crippen LogP contribution in [-0.4, -0.2) is 64.3 Å². The molecule has 3 saturated heterocycles. The van der Waals surface area contributed by atoms with Gasteiger partial charge in [-0.25, -0.2) is 0 Å². The van der Waals surface area contributed by atoms with Gasteiger partial charge in [0.2, 0.25) is 0 Å². The fourth-order valence-electron chi connectivity index (χ4n) is 2.73. The van der Waals surface area contributed by atoms with Crippen LogP contribution >= 0.6 is 0 Å². The Balaban J connectivity index is -0.000000141. The summed E-state index contributed by atoms with van der Waals surface area (Å²) < 4.78 is 0. The second kappa shape index (κ2) is 28.9. The third-order valence-electron chi connectivity index (χ3n) is 4.75. The van der Waals surface area contributed by atoms with E-state index in [-0.39, 0.29) is 32.7 Å². The van der Waals surface area contributed by atoms with Gasteiger partial charge in [0.1, 0.15) is 0 Å². The summed E-state index contributed by atoms with van der Waals surface area (Å²) in [5.41, 5.74) is 0.616. The van der Waals surface area contributed by atoms with Crippen LogP contribution in [0, 0.1) is 11.3 Å². The van der Waals surface area contributed by atoms with Gasteiger partial charge in [-0.3, -0.25) is 0 Å². The van der Waals surface area contributed by atoms with Gasteiger partial charge in [0, 0.05) is 58.9 Å². The molecule has 0 amide bonds. The molecule has 0 aromatic heterocycles. The van der Waals surface area contributed by atoms with Crippen molar-refractivity contribution in [2.75, 3.05) is 59.4 Å². The van der Waals surface area contributed by atoms with Crippen LogP contribution in [0.15, 0.2) is 0 Å². The summed E-state index contributed by atoms with van der Waals surface area (Å²) in [6.07, 6.45) is 5.26. The number of hydrogen-bond donors (Lipinski definition) is 3. The topological polar surface area (TPSA) is 39.3 Å². The van der Waals surface area contributed by atoms with E-state index in [1.54, 1.807) is 5.92 Å². The number of likely N-dealkylation sites (N-methyl/N-ethyl adjacent to an activating group) is 1. The third kappa shape index (κ3) is 28.9. The van der Waals surface area contributed by atoms with Gasteiger partial charge in [-0.1, -0.05) is 55.4 Å². The molecule has 5 heteroatoms. The molecule has 0 bridgehead atoms. The van der Waals surface area contributed by atoms with Crippen LogP contribution < -0.4 is 16.0 Å².